The van der Waals surface area contributed by atoms with Gasteiger partial charge in [-0.05, 0) is 12.8 Å². The van der Waals surface area contributed by atoms with Crippen molar-refractivity contribution in [1.82, 2.24) is 15.1 Å². The number of hydrogen-bond acceptors (Lipinski definition) is 3. The van der Waals surface area contributed by atoms with Crippen LogP contribution in [-0.2, 0) is 7.05 Å². The van der Waals surface area contributed by atoms with Gasteiger partial charge in [-0.1, -0.05) is 26.7 Å². The fourth-order valence-electron chi connectivity index (χ4n) is 2.02. The first-order valence-electron chi connectivity index (χ1n) is 6.09. The molecular weight excluding hydrogens is 216 g/mol. The molecule has 5 nitrogen and oxygen atoms in total. The Labute approximate surface area is 102 Å². The van der Waals surface area contributed by atoms with Crippen molar-refractivity contribution in [3.05, 3.63) is 11.8 Å². The van der Waals surface area contributed by atoms with Gasteiger partial charge in [0.2, 0.25) is 0 Å². The number of aryl methyl sites for hydroxylation is 1. The van der Waals surface area contributed by atoms with Gasteiger partial charge in [0.15, 0.2) is 0 Å². The largest absolute Gasteiger partial charge is 0.383 e. The van der Waals surface area contributed by atoms with E-state index in [1.165, 1.54) is 10.9 Å². The third kappa shape index (κ3) is 2.99. The number of carbonyl (C=O) groups is 1. The second-order valence-corrected chi connectivity index (χ2v) is 4.41. The lowest BCUT2D eigenvalue weighted by molar-refractivity contribution is 0.0926. The van der Waals surface area contributed by atoms with E-state index in [1.807, 2.05) is 6.92 Å². The molecule has 0 saturated carbocycles. The number of nitrogens with zero attached hydrogens (tertiary/aromatic N) is 2. The van der Waals surface area contributed by atoms with E-state index in [-0.39, 0.29) is 11.9 Å². The van der Waals surface area contributed by atoms with Crippen LogP contribution in [0.4, 0.5) is 5.82 Å². The number of rotatable bonds is 5. The van der Waals surface area contributed by atoms with Gasteiger partial charge in [0.05, 0.1) is 6.20 Å². The van der Waals surface area contributed by atoms with Crippen LogP contribution < -0.4 is 11.1 Å². The molecule has 1 aromatic rings. The SMILES string of the molecule is CCC(CC)C(C)NC(=O)c1cnn(C)c1N. The van der Waals surface area contributed by atoms with E-state index in [9.17, 15) is 4.79 Å². The molecule has 0 fully saturated rings. The van der Waals surface area contributed by atoms with Crippen LogP contribution in [0.15, 0.2) is 6.20 Å². The van der Waals surface area contributed by atoms with E-state index in [4.69, 9.17) is 5.73 Å². The molecule has 0 aromatic carbocycles. The third-order valence-electron chi connectivity index (χ3n) is 3.34. The molecule has 17 heavy (non-hydrogen) atoms. The van der Waals surface area contributed by atoms with Crippen molar-refractivity contribution in [2.75, 3.05) is 5.73 Å². The Morgan fingerprint density at radius 1 is 1.53 bits per heavy atom. The summed E-state index contributed by atoms with van der Waals surface area (Å²) in [6.07, 6.45) is 3.62. The Balaban J connectivity index is 2.69. The second kappa shape index (κ2) is 5.70. The third-order valence-corrected chi connectivity index (χ3v) is 3.34. The number of nitrogens with two attached hydrogens (primary N) is 1. The van der Waals surface area contributed by atoms with Crippen LogP contribution in [0.5, 0.6) is 0 Å². The maximum atomic E-state index is 12.0. The van der Waals surface area contributed by atoms with E-state index in [0.29, 0.717) is 17.3 Å². The Morgan fingerprint density at radius 2 is 2.12 bits per heavy atom. The van der Waals surface area contributed by atoms with Crippen LogP contribution in [0.2, 0.25) is 0 Å². The molecule has 0 spiro atoms. The van der Waals surface area contributed by atoms with E-state index < -0.39 is 0 Å². The van der Waals surface area contributed by atoms with Crippen LogP contribution in [-0.4, -0.2) is 21.7 Å². The van der Waals surface area contributed by atoms with E-state index in [1.54, 1.807) is 7.05 Å². The number of aromatic nitrogens is 2. The highest BCUT2D eigenvalue weighted by molar-refractivity contribution is 5.98. The van der Waals surface area contributed by atoms with Gasteiger partial charge in [-0.3, -0.25) is 9.48 Å². The maximum absolute atomic E-state index is 12.0. The zero-order valence-corrected chi connectivity index (χ0v) is 11.0. The number of nitrogens with one attached hydrogen (secondary N) is 1. The molecule has 1 rings (SSSR count). The molecule has 0 aliphatic rings. The van der Waals surface area contributed by atoms with Crippen LogP contribution in [0.1, 0.15) is 44.0 Å². The molecule has 1 heterocycles. The predicted molar refractivity (Wildman–Crippen MR) is 68.6 cm³/mol. The smallest absolute Gasteiger partial charge is 0.256 e. The molecule has 0 saturated heterocycles. The van der Waals surface area contributed by atoms with Crippen molar-refractivity contribution in [3.63, 3.8) is 0 Å². The molecule has 0 aliphatic carbocycles. The first-order valence-corrected chi connectivity index (χ1v) is 6.09. The zero-order chi connectivity index (χ0) is 13.0. The standard InChI is InChI=1S/C12H22N4O/c1-5-9(6-2)8(3)15-12(17)10-7-14-16(4)11(10)13/h7-9H,5-6,13H2,1-4H3,(H,15,17). The average molecular weight is 238 g/mol. The van der Waals surface area contributed by atoms with Crippen molar-refractivity contribution in [2.45, 2.75) is 39.7 Å². The van der Waals surface area contributed by atoms with E-state index in [2.05, 4.69) is 24.3 Å². The number of hydrogen-bond donors (Lipinski definition) is 2. The van der Waals surface area contributed by atoms with Gasteiger partial charge in [0, 0.05) is 13.1 Å². The fraction of sp³-hybridized carbons (Fsp3) is 0.667. The molecule has 5 heteroatoms. The minimum atomic E-state index is -0.144. The van der Waals surface area contributed by atoms with Gasteiger partial charge in [0.1, 0.15) is 11.4 Å². The predicted octanol–water partition coefficient (Wildman–Crippen LogP) is 1.56. The lowest BCUT2D eigenvalue weighted by Crippen LogP contribution is -2.37. The molecule has 0 aliphatic heterocycles. The normalized spacial score (nSPS) is 12.8. The lowest BCUT2D eigenvalue weighted by atomic mass is 9.95. The molecule has 3 N–H and O–H groups in total. The van der Waals surface area contributed by atoms with Crippen molar-refractivity contribution in [1.29, 1.82) is 0 Å². The van der Waals surface area contributed by atoms with Crippen molar-refractivity contribution >= 4 is 11.7 Å². The number of carbonyl (C=O) groups excluding carboxylic acids is 1. The topological polar surface area (TPSA) is 72.9 Å². The number of amides is 1. The Morgan fingerprint density at radius 3 is 2.53 bits per heavy atom. The van der Waals surface area contributed by atoms with Crippen LogP contribution in [0.25, 0.3) is 0 Å². The van der Waals surface area contributed by atoms with Crippen molar-refractivity contribution < 1.29 is 4.79 Å². The van der Waals surface area contributed by atoms with Crippen molar-refractivity contribution in [2.24, 2.45) is 13.0 Å². The molecule has 96 valence electrons. The summed E-state index contributed by atoms with van der Waals surface area (Å²) in [5.41, 5.74) is 6.21. The maximum Gasteiger partial charge on any atom is 0.256 e. The summed E-state index contributed by atoms with van der Waals surface area (Å²) >= 11 is 0. The highest BCUT2D eigenvalue weighted by Gasteiger charge is 2.19. The van der Waals surface area contributed by atoms with E-state index >= 15 is 0 Å². The molecule has 1 aromatic heterocycles. The molecule has 1 atom stereocenters. The molecular formula is C12H22N4O. The quantitative estimate of drug-likeness (QED) is 0.817. The van der Waals surface area contributed by atoms with Gasteiger partial charge in [-0.15, -0.1) is 0 Å². The van der Waals surface area contributed by atoms with Gasteiger partial charge >= 0.3 is 0 Å². The molecule has 1 unspecified atom stereocenters. The van der Waals surface area contributed by atoms with Gasteiger partial charge in [-0.2, -0.15) is 5.10 Å². The van der Waals surface area contributed by atoms with Crippen LogP contribution >= 0.6 is 0 Å². The molecule has 0 bridgehead atoms. The lowest BCUT2D eigenvalue weighted by Gasteiger charge is -2.22. The average Bonchev–Trinajstić information content (AvgIpc) is 2.61. The Kier molecular flexibility index (Phi) is 4.54. The van der Waals surface area contributed by atoms with E-state index in [0.717, 1.165) is 12.8 Å². The summed E-state index contributed by atoms with van der Waals surface area (Å²) in [5.74, 6) is 0.756. The monoisotopic (exact) mass is 238 g/mol. The summed E-state index contributed by atoms with van der Waals surface area (Å²) in [7, 11) is 1.72. The second-order valence-electron chi connectivity index (χ2n) is 4.41. The highest BCUT2D eigenvalue weighted by Crippen LogP contribution is 2.14. The summed E-state index contributed by atoms with van der Waals surface area (Å²) in [6, 6.07) is 0.150. The zero-order valence-electron chi connectivity index (χ0n) is 11.0. The summed E-state index contributed by atoms with van der Waals surface area (Å²) in [6.45, 7) is 6.30. The highest BCUT2D eigenvalue weighted by atomic mass is 16.1. The molecule has 1 amide bonds. The van der Waals surface area contributed by atoms with Gasteiger partial charge in [0.25, 0.3) is 5.91 Å². The van der Waals surface area contributed by atoms with Crippen molar-refractivity contribution in [3.8, 4) is 0 Å². The first kappa shape index (κ1) is 13.5. The summed E-state index contributed by atoms with van der Waals surface area (Å²) in [4.78, 5) is 12.0. The first-order chi connectivity index (χ1) is 8.01. The number of nitrogen functional groups attached to an aromatic ring is 1. The Bertz CT molecular complexity index is 382. The Hall–Kier alpha value is -1.52. The van der Waals surface area contributed by atoms with Crippen LogP contribution in [0, 0.1) is 5.92 Å². The summed E-state index contributed by atoms with van der Waals surface area (Å²) < 4.78 is 1.50. The number of anilines is 1. The van der Waals surface area contributed by atoms with Crippen LogP contribution in [0.3, 0.4) is 0 Å². The van der Waals surface area contributed by atoms with Gasteiger partial charge < -0.3 is 11.1 Å². The molecule has 0 radical (unpaired) electrons. The fourth-order valence-corrected chi connectivity index (χ4v) is 2.02. The minimum Gasteiger partial charge on any atom is -0.383 e. The minimum absolute atomic E-state index is 0.144. The van der Waals surface area contributed by atoms with Gasteiger partial charge in [-0.25, -0.2) is 0 Å². The summed E-state index contributed by atoms with van der Waals surface area (Å²) in [5, 5.41) is 6.94.